The molecule has 3 aromatic heterocycles. The van der Waals surface area contributed by atoms with E-state index in [1.54, 1.807) is 0 Å². The summed E-state index contributed by atoms with van der Waals surface area (Å²) in [7, 11) is 0. The van der Waals surface area contributed by atoms with E-state index in [2.05, 4.69) is 501 Å². The molecule has 0 saturated heterocycles. The van der Waals surface area contributed by atoms with Gasteiger partial charge in [0, 0.05) is 87.0 Å². The van der Waals surface area contributed by atoms with Crippen LogP contribution in [0.25, 0.3) is 186 Å². The number of hydrogen-bond donors (Lipinski definition) is 3. The zero-order valence-electron chi connectivity index (χ0n) is 78.9. The highest BCUT2D eigenvalue weighted by Gasteiger charge is 2.52. The van der Waals surface area contributed by atoms with Gasteiger partial charge in [-0.05, 0) is 296 Å². The van der Waals surface area contributed by atoms with E-state index in [0.717, 1.165) is 107 Å². The summed E-state index contributed by atoms with van der Waals surface area (Å²) in [6, 6.07) is 195. The molecular formula is C138H95N3O2S. The fourth-order valence-corrected chi connectivity index (χ4v) is 22.4. The van der Waals surface area contributed by atoms with Crippen molar-refractivity contribution in [3.8, 4) is 111 Å². The van der Waals surface area contributed by atoms with Crippen LogP contribution in [0.15, 0.2) is 555 Å². The molecular weight excluding hydrogens is 1760 g/mol. The third-order valence-electron chi connectivity index (χ3n) is 28.3. The highest BCUT2D eigenvalue weighted by Crippen LogP contribution is 2.64. The Balaban J connectivity index is 0.000000101. The molecule has 0 bridgehead atoms. The molecule has 6 heteroatoms. The van der Waals surface area contributed by atoms with Gasteiger partial charge in [0.15, 0.2) is 0 Å². The molecule has 26 aromatic rings. The minimum atomic E-state index is -0.337. The average Bonchev–Trinajstić information content (AvgIpc) is 1.50. The highest BCUT2D eigenvalue weighted by atomic mass is 32.1. The molecule has 0 aliphatic heterocycles. The predicted octanol–water partition coefficient (Wildman–Crippen LogP) is 38.6. The minimum Gasteiger partial charge on any atom is -0.456 e. The SMILES string of the molecule is c1ccc(-c2ccc(-c3cccc(Cc4ccc(-c5ccc6sc7ccccc7c6c5)cc4)c3)cc2)cc1.c1ccc(Nc2ccc(-c3cc(-c4ccccc4)c4oc5ccc(-c6ccccc6)cc5c4c3)cc2)cc1.c1ccc(Nc2ccc(-c3ccc4oc5ccccc5c4c3)cc2-c2ccccc2)cc1.c1ccc(Nc2ccc3c(c2)C2(c4ccccc4-3)c3ccccc3-c3cc4ccccc4cc32)cc1. The van der Waals surface area contributed by atoms with E-state index >= 15 is 0 Å². The number of fused-ring (bicyclic) bond motifs is 20. The largest absolute Gasteiger partial charge is 0.456 e. The van der Waals surface area contributed by atoms with Crippen molar-refractivity contribution in [2.45, 2.75) is 11.8 Å². The summed E-state index contributed by atoms with van der Waals surface area (Å²) in [5, 5.41) is 20.5. The van der Waals surface area contributed by atoms with Crippen molar-refractivity contribution in [3.63, 3.8) is 0 Å². The number of hydrogen-bond acceptors (Lipinski definition) is 6. The Morgan fingerprint density at radius 3 is 1.22 bits per heavy atom. The molecule has 5 nitrogen and oxygen atoms in total. The van der Waals surface area contributed by atoms with Crippen molar-refractivity contribution in [2.75, 3.05) is 16.0 Å². The summed E-state index contributed by atoms with van der Waals surface area (Å²) in [6.45, 7) is 0. The van der Waals surface area contributed by atoms with Crippen LogP contribution >= 0.6 is 11.3 Å². The smallest absolute Gasteiger partial charge is 0.143 e. The Morgan fingerprint density at radius 1 is 0.181 bits per heavy atom. The van der Waals surface area contributed by atoms with Crippen molar-refractivity contribution in [1.82, 2.24) is 0 Å². The van der Waals surface area contributed by atoms with Crippen LogP contribution in [0.3, 0.4) is 0 Å². The zero-order chi connectivity index (χ0) is 95.6. The summed E-state index contributed by atoms with van der Waals surface area (Å²) < 4.78 is 15.2. The van der Waals surface area contributed by atoms with Crippen molar-refractivity contribution in [3.05, 3.63) is 579 Å². The Bertz CT molecular complexity index is 9200. The quantitative estimate of drug-likeness (QED) is 0.0900. The zero-order valence-corrected chi connectivity index (χ0v) is 79.7. The Morgan fingerprint density at radius 2 is 0.569 bits per heavy atom. The Hall–Kier alpha value is -18.5. The second-order valence-electron chi connectivity index (χ2n) is 37.1. The number of furan rings is 2. The summed E-state index contributed by atoms with van der Waals surface area (Å²) >= 11 is 1.87. The van der Waals surface area contributed by atoms with Crippen LogP contribution in [0.2, 0.25) is 0 Å². The van der Waals surface area contributed by atoms with Crippen molar-refractivity contribution < 1.29 is 8.83 Å². The van der Waals surface area contributed by atoms with Gasteiger partial charge in [0.05, 0.1) is 5.41 Å². The van der Waals surface area contributed by atoms with Crippen LogP contribution in [0, 0.1) is 0 Å². The van der Waals surface area contributed by atoms with Gasteiger partial charge >= 0.3 is 0 Å². The lowest BCUT2D eigenvalue weighted by Crippen LogP contribution is -2.26. The monoisotopic (exact) mass is 1860 g/mol. The van der Waals surface area contributed by atoms with E-state index in [0.29, 0.717) is 0 Å². The lowest BCUT2D eigenvalue weighted by atomic mass is 9.70. The number of nitrogens with one attached hydrogen (secondary N) is 3. The van der Waals surface area contributed by atoms with Crippen LogP contribution in [-0.4, -0.2) is 0 Å². The van der Waals surface area contributed by atoms with E-state index < -0.39 is 0 Å². The fourth-order valence-electron chi connectivity index (χ4n) is 21.3. The molecule has 1 atom stereocenters. The molecule has 0 saturated carbocycles. The summed E-state index contributed by atoms with van der Waals surface area (Å²) in [6.07, 6.45) is 0.921. The number of para-hydroxylation sites is 4. The third kappa shape index (κ3) is 17.1. The van der Waals surface area contributed by atoms with Gasteiger partial charge in [0.25, 0.3) is 0 Å². The van der Waals surface area contributed by atoms with Gasteiger partial charge in [0.2, 0.25) is 0 Å². The van der Waals surface area contributed by atoms with E-state index in [-0.39, 0.29) is 5.41 Å². The van der Waals surface area contributed by atoms with Crippen molar-refractivity contribution in [2.24, 2.45) is 0 Å². The number of anilines is 6. The summed E-state index contributed by atoms with van der Waals surface area (Å²) in [4.78, 5) is 0. The summed E-state index contributed by atoms with van der Waals surface area (Å²) in [5.41, 5.74) is 42.5. The Labute approximate surface area is 841 Å². The first-order chi connectivity index (χ1) is 71.3. The molecule has 3 N–H and O–H groups in total. The molecule has 0 radical (unpaired) electrons. The fraction of sp³-hybridized carbons (Fsp3) is 0.0145. The van der Waals surface area contributed by atoms with Crippen LogP contribution in [0.1, 0.15) is 33.4 Å². The topological polar surface area (TPSA) is 62.4 Å². The minimum absolute atomic E-state index is 0.337. The second-order valence-corrected chi connectivity index (χ2v) is 38.2. The maximum absolute atomic E-state index is 6.50. The standard InChI is InChI=1S/C37H26S.C36H25NO.C35H23N.C30H21NO/c1-2-8-28(9-3-1)29-17-19-31(20-18-29)32-10-6-7-27(24-32)23-26-13-15-30(16-14-26)33-21-22-37-35(25-33)34-11-4-5-12-36(34)38-37;1-4-10-25(11-5-1)28-18-21-35-33(22-28)34-24-29(23-32(36(34)38-35)27-12-6-2-7-13-27)26-16-19-31(20-17-26)37-30-14-8-3-9-15-30;1-2-12-25(13-3-1)36-26-18-19-29-27-14-6-8-16-31(27)35(34(29)22-26)32-17-9-7-15-28(32)30-20-23-10-4-5-11-24(23)21-33(30)35;1-3-9-21(10-4-1)26-19-22(15-17-28(26)31-24-11-5-2-6-12-24)23-16-18-30-27(20-23)25-13-7-8-14-29(25)32-30/h1-22,24-25H,23H2;1-24,37H;1-22,36H;1-20,31H. The molecule has 144 heavy (non-hydrogen) atoms. The van der Waals surface area contributed by atoms with Gasteiger partial charge in [0.1, 0.15) is 22.3 Å². The second kappa shape index (κ2) is 38.4. The third-order valence-corrected chi connectivity index (χ3v) is 29.4. The van der Waals surface area contributed by atoms with Crippen LogP contribution in [0.5, 0.6) is 0 Å². The van der Waals surface area contributed by atoms with Crippen LogP contribution < -0.4 is 16.0 Å². The molecule has 1 spiro atoms. The van der Waals surface area contributed by atoms with Gasteiger partial charge in [-0.1, -0.05) is 400 Å². The Kier molecular flexibility index (Phi) is 23.2. The maximum atomic E-state index is 6.50. The first-order valence-corrected chi connectivity index (χ1v) is 50.0. The van der Waals surface area contributed by atoms with Gasteiger partial charge in [-0.25, -0.2) is 0 Å². The number of rotatable bonds is 16. The first kappa shape index (κ1) is 87.1. The van der Waals surface area contributed by atoms with Crippen LogP contribution in [0.4, 0.5) is 34.1 Å². The van der Waals surface area contributed by atoms with Gasteiger partial charge in [-0.15, -0.1) is 11.3 Å². The number of benzene rings is 23. The molecule has 2 aliphatic rings. The van der Waals surface area contributed by atoms with Crippen molar-refractivity contribution >= 4 is 120 Å². The summed E-state index contributed by atoms with van der Waals surface area (Å²) in [5.74, 6) is 0. The van der Waals surface area contributed by atoms with E-state index in [9.17, 15) is 0 Å². The first-order valence-electron chi connectivity index (χ1n) is 49.2. The van der Waals surface area contributed by atoms with E-state index in [1.807, 2.05) is 72.0 Å². The van der Waals surface area contributed by atoms with E-state index in [1.165, 1.54) is 153 Å². The van der Waals surface area contributed by atoms with Crippen LogP contribution in [-0.2, 0) is 11.8 Å². The molecule has 0 fully saturated rings. The van der Waals surface area contributed by atoms with Gasteiger partial charge < -0.3 is 24.8 Å². The van der Waals surface area contributed by atoms with E-state index in [4.69, 9.17) is 8.83 Å². The maximum Gasteiger partial charge on any atom is 0.143 e. The molecule has 0 amide bonds. The lowest BCUT2D eigenvalue weighted by Gasteiger charge is -2.31. The molecule has 3 heterocycles. The lowest BCUT2D eigenvalue weighted by molar-refractivity contribution is 0.669. The molecule has 680 valence electrons. The van der Waals surface area contributed by atoms with Gasteiger partial charge in [-0.2, -0.15) is 0 Å². The number of thiophene rings is 1. The average molecular weight is 1860 g/mol. The van der Waals surface area contributed by atoms with Gasteiger partial charge in [-0.3, -0.25) is 0 Å². The molecule has 23 aromatic carbocycles. The molecule has 2 aliphatic carbocycles. The predicted molar refractivity (Wildman–Crippen MR) is 609 cm³/mol. The highest BCUT2D eigenvalue weighted by molar-refractivity contribution is 7.25. The molecule has 1 unspecified atom stereocenters. The normalized spacial score (nSPS) is 12.5. The molecule has 28 rings (SSSR count). The van der Waals surface area contributed by atoms with Crippen molar-refractivity contribution in [1.29, 1.82) is 0 Å².